The molecule has 8 fully saturated rings. The van der Waals surface area contributed by atoms with Gasteiger partial charge in [-0.05, 0) is 0 Å². The number of aliphatic hydroxyl groups is 23. The molecule has 44 heteroatoms. The van der Waals surface area contributed by atoms with Crippen LogP contribution in [-0.2, 0) is 85.4 Å². The number of ether oxygens (including phenoxy) is 15. The zero-order chi connectivity index (χ0) is 72.2. The summed E-state index contributed by atoms with van der Waals surface area (Å²) in [5.74, 6) is -2.65. The Balaban J connectivity index is 1.10. The lowest BCUT2D eigenvalue weighted by Gasteiger charge is -2.51. The number of carbonyl (C=O) groups excluding carboxylic acids is 3. The molecule has 8 aliphatic rings. The van der Waals surface area contributed by atoms with E-state index in [0.29, 0.717) is 0 Å². The monoisotopic (exact) mass is 1440 g/mol. The zero-order valence-corrected chi connectivity index (χ0v) is 52.4. The number of amides is 3. The number of carbonyl (C=O) groups is 3. The predicted molar refractivity (Wildman–Crippen MR) is 299 cm³/mol. The molecule has 0 saturated carbocycles. The SMILES string of the molecule is CC(=O)NC1[C@H](OC2[C@H](OCC3O[C@@H](O[C@@H]4C(CO)O[C@@H](O)C(NC(C)=O)[C@H]4O)C(O)[C@@H](O[C@@H]4OC(CO)[C@@H](O)[C@H](O)C4O[C@@H]4OC(CO)[C@@H](O[C@@H]5OC(CO)[C@H](O)[C@H](O)C5O)[C@H](O)C4NC(C)=O)[C@@H]3O)OC(CO)[C@@H](O)[C@@H]2O)OC(CO)[C@@H](O[C@@H]2OC(CO)[C@H](O)[C@H](O)C2O)[C@@H]1O. The molecule has 0 aromatic heterocycles. The van der Waals surface area contributed by atoms with E-state index in [0.717, 1.165) is 20.8 Å². The summed E-state index contributed by atoms with van der Waals surface area (Å²) in [6.45, 7) is -5.49. The van der Waals surface area contributed by atoms with Crippen LogP contribution in [0.25, 0.3) is 0 Å². The van der Waals surface area contributed by atoms with Gasteiger partial charge in [0.05, 0.1) is 52.9 Å². The molecule has 0 radical (unpaired) electrons. The average molecular weight is 1440 g/mol. The molecule has 0 aromatic rings. The van der Waals surface area contributed by atoms with Crippen LogP contribution in [0.4, 0.5) is 0 Å². The molecule has 568 valence electrons. The highest BCUT2D eigenvalue weighted by molar-refractivity contribution is 5.74. The molecular formula is C54H91N3O41. The van der Waals surface area contributed by atoms with E-state index in [-0.39, 0.29) is 0 Å². The smallest absolute Gasteiger partial charge is 0.217 e. The summed E-state index contributed by atoms with van der Waals surface area (Å²) in [7, 11) is 0. The molecule has 26 N–H and O–H groups in total. The summed E-state index contributed by atoms with van der Waals surface area (Å²) in [4.78, 5) is 37.8. The minimum absolute atomic E-state index is 0.827. The maximum atomic E-state index is 12.8. The molecular weight excluding hydrogens is 1350 g/mol. The highest BCUT2D eigenvalue weighted by Crippen LogP contribution is 2.39. The minimum Gasteiger partial charge on any atom is -0.394 e. The summed E-state index contributed by atoms with van der Waals surface area (Å²) in [6, 6.07) is -5.48. The van der Waals surface area contributed by atoms with E-state index < -0.39 is 316 Å². The standard InChI is InChI=1S/C54H91N3O41/c1-12(65)55-23-31(73)41(19(8-62)85-47(23)83)95-52-40(82)44(96-54-46(37(79)29(71)18(7-61)89-54)98-49-25(57-14(3)67)33(75)43(21(10-64)91-49)94-51-39(81)35(77)27(69)16(5-59)87-51)30(72)22(92-52)11-84-53-45(36(78)28(70)17(6-60)88-53)97-48-24(56-13(2)66)32(74)42(20(9-63)90-48)93-50-38(80)34(76)26(68)15(4-58)86-50/h15-54,58-64,68-83H,4-11H2,1-3H3,(H,55,65)(H,56,66)(H,57,67)/t15?,16?,17?,18?,19?,20?,21?,22?,23?,24?,25?,26-,27-,28+,29+,30+,31+,32+,33+,34-,35-,36-,37-,38?,39?,40?,41+,42+,43+,44-,45?,46?,47+,48-,49-,50-,51-,52-,53+,54-/m0/s1. The van der Waals surface area contributed by atoms with Crippen molar-refractivity contribution in [3.8, 4) is 0 Å². The number of nitrogens with one attached hydrogen (secondary N) is 3. The summed E-state index contributed by atoms with van der Waals surface area (Å²) in [5.41, 5.74) is 0. The van der Waals surface area contributed by atoms with Gasteiger partial charge in [0.1, 0.15) is 195 Å². The summed E-state index contributed by atoms with van der Waals surface area (Å²) < 4.78 is 87.8. The van der Waals surface area contributed by atoms with Crippen molar-refractivity contribution in [2.24, 2.45) is 0 Å². The van der Waals surface area contributed by atoms with Crippen LogP contribution in [0.2, 0.25) is 0 Å². The van der Waals surface area contributed by atoms with E-state index in [4.69, 9.17) is 71.1 Å². The van der Waals surface area contributed by atoms with Gasteiger partial charge in [0, 0.05) is 20.8 Å². The van der Waals surface area contributed by atoms with Gasteiger partial charge in [-0.1, -0.05) is 0 Å². The molecule has 0 aromatic carbocycles. The van der Waals surface area contributed by atoms with E-state index in [9.17, 15) is 132 Å². The number of hydrogen-bond acceptors (Lipinski definition) is 41. The molecule has 40 atom stereocenters. The summed E-state index contributed by atoms with van der Waals surface area (Å²) >= 11 is 0. The van der Waals surface area contributed by atoms with Crippen molar-refractivity contribution < 1.29 is 203 Å². The molecule has 44 nitrogen and oxygen atoms in total. The van der Waals surface area contributed by atoms with Gasteiger partial charge in [-0.2, -0.15) is 0 Å². The van der Waals surface area contributed by atoms with Gasteiger partial charge < -0.3 is 204 Å². The maximum absolute atomic E-state index is 12.8. The van der Waals surface area contributed by atoms with E-state index in [1.807, 2.05) is 0 Å². The van der Waals surface area contributed by atoms with Crippen LogP contribution in [0, 0.1) is 0 Å². The van der Waals surface area contributed by atoms with E-state index in [2.05, 4.69) is 16.0 Å². The predicted octanol–water partition coefficient (Wildman–Crippen LogP) is -18.0. The first-order chi connectivity index (χ1) is 46.4. The van der Waals surface area contributed by atoms with Crippen LogP contribution >= 0.6 is 0 Å². The van der Waals surface area contributed by atoms with E-state index in [1.165, 1.54) is 0 Å². The lowest BCUT2D eigenvalue weighted by molar-refractivity contribution is -0.397. The Morgan fingerprint density at radius 1 is 0.265 bits per heavy atom. The molecule has 3 amide bonds. The normalized spacial score (nSPS) is 49.5. The Labute approximate surface area is 554 Å². The van der Waals surface area contributed by atoms with Crippen molar-refractivity contribution in [3.05, 3.63) is 0 Å². The second-order valence-electron chi connectivity index (χ2n) is 24.6. The Bertz CT molecular complexity index is 2510. The third-order valence-corrected chi connectivity index (χ3v) is 17.8. The third kappa shape index (κ3) is 17.5. The fourth-order valence-corrected chi connectivity index (χ4v) is 12.6. The average Bonchev–Trinajstić information content (AvgIpc) is 0.774. The van der Waals surface area contributed by atoms with Gasteiger partial charge in [0.15, 0.2) is 50.3 Å². The third-order valence-electron chi connectivity index (χ3n) is 17.8. The highest BCUT2D eigenvalue weighted by Gasteiger charge is 2.60. The molecule has 0 bridgehead atoms. The van der Waals surface area contributed by atoms with Crippen molar-refractivity contribution in [2.45, 2.75) is 266 Å². The maximum Gasteiger partial charge on any atom is 0.217 e. The number of hydrogen-bond donors (Lipinski definition) is 26. The second kappa shape index (κ2) is 35.1. The van der Waals surface area contributed by atoms with Crippen LogP contribution in [0.1, 0.15) is 20.8 Å². The van der Waals surface area contributed by atoms with Gasteiger partial charge in [0.2, 0.25) is 17.7 Å². The molecule has 8 saturated heterocycles. The fraction of sp³-hybridized carbons (Fsp3) is 0.944. The van der Waals surface area contributed by atoms with Gasteiger partial charge in [-0.25, -0.2) is 0 Å². The van der Waals surface area contributed by atoms with Gasteiger partial charge >= 0.3 is 0 Å². The van der Waals surface area contributed by atoms with Crippen LogP contribution in [0.3, 0.4) is 0 Å². The van der Waals surface area contributed by atoms with Crippen molar-refractivity contribution in [1.82, 2.24) is 16.0 Å². The van der Waals surface area contributed by atoms with Gasteiger partial charge in [-0.15, -0.1) is 0 Å². The molecule has 8 aliphatic heterocycles. The first-order valence-electron chi connectivity index (χ1n) is 31.1. The second-order valence-corrected chi connectivity index (χ2v) is 24.6. The van der Waals surface area contributed by atoms with Crippen LogP contribution < -0.4 is 16.0 Å². The molecule has 8 heterocycles. The Morgan fingerprint density at radius 2 is 0.551 bits per heavy atom. The molecule has 0 aliphatic carbocycles. The highest BCUT2D eigenvalue weighted by atomic mass is 16.8. The summed E-state index contributed by atoms with van der Waals surface area (Å²) in [6.07, 6.45) is -75.2. The summed E-state index contributed by atoms with van der Waals surface area (Å²) in [5, 5.41) is 259. The first-order valence-corrected chi connectivity index (χ1v) is 31.1. The van der Waals surface area contributed by atoms with Crippen molar-refractivity contribution >= 4 is 17.7 Å². The van der Waals surface area contributed by atoms with Gasteiger partial charge in [-0.3, -0.25) is 14.4 Å². The fourth-order valence-electron chi connectivity index (χ4n) is 12.6. The largest absolute Gasteiger partial charge is 0.394 e. The number of rotatable bonds is 25. The van der Waals surface area contributed by atoms with Crippen molar-refractivity contribution in [3.63, 3.8) is 0 Å². The quantitative estimate of drug-likeness (QED) is 0.0404. The van der Waals surface area contributed by atoms with Crippen LogP contribution in [0.5, 0.6) is 0 Å². The van der Waals surface area contributed by atoms with E-state index in [1.54, 1.807) is 0 Å². The lowest BCUT2D eigenvalue weighted by atomic mass is 9.94. The first kappa shape index (κ1) is 80.6. The molecule has 16 unspecified atom stereocenters. The Morgan fingerprint density at radius 3 is 0.939 bits per heavy atom. The zero-order valence-electron chi connectivity index (χ0n) is 52.4. The van der Waals surface area contributed by atoms with Crippen LogP contribution in [-0.4, -0.2) is 433 Å². The van der Waals surface area contributed by atoms with Crippen LogP contribution in [0.15, 0.2) is 0 Å². The Hall–Kier alpha value is -3.11. The van der Waals surface area contributed by atoms with E-state index >= 15 is 0 Å². The molecule has 8 rings (SSSR count). The molecule has 98 heavy (non-hydrogen) atoms. The van der Waals surface area contributed by atoms with Gasteiger partial charge in [0.25, 0.3) is 0 Å². The lowest BCUT2D eigenvalue weighted by Crippen LogP contribution is -2.70. The van der Waals surface area contributed by atoms with Crippen molar-refractivity contribution in [1.29, 1.82) is 0 Å². The van der Waals surface area contributed by atoms with Crippen molar-refractivity contribution in [2.75, 3.05) is 52.9 Å². The Kier molecular flexibility index (Phi) is 28.9. The molecule has 0 spiro atoms. The topological polar surface area (TPSA) is 691 Å². The number of aliphatic hydroxyl groups excluding tert-OH is 23. The minimum atomic E-state index is -2.45.